The maximum atomic E-state index is 12.7. The van der Waals surface area contributed by atoms with Crippen molar-refractivity contribution in [1.82, 2.24) is 9.91 Å². The minimum atomic E-state index is -0.289. The lowest BCUT2D eigenvalue weighted by Gasteiger charge is -2.33. The Kier molecular flexibility index (Phi) is 6.21. The molecule has 2 heterocycles. The molecule has 144 valence electrons. The summed E-state index contributed by atoms with van der Waals surface area (Å²) >= 11 is 0. The number of hydrogen-bond donors (Lipinski definition) is 0. The second-order valence-corrected chi connectivity index (χ2v) is 6.80. The highest BCUT2D eigenvalue weighted by Crippen LogP contribution is 2.20. The number of nitrogens with zero attached hydrogens (tertiary/aromatic N) is 3. The van der Waals surface area contributed by atoms with Crippen LogP contribution in [-0.2, 0) is 19.1 Å². The molecule has 0 saturated carbocycles. The molecule has 1 saturated heterocycles. The molecule has 0 bridgehead atoms. The molecule has 1 aromatic rings. The van der Waals surface area contributed by atoms with Gasteiger partial charge in [-0.2, -0.15) is 5.10 Å². The summed E-state index contributed by atoms with van der Waals surface area (Å²) in [7, 11) is 0. The Morgan fingerprint density at radius 1 is 1.22 bits per heavy atom. The molecule has 0 N–H and O–H groups in total. The van der Waals surface area contributed by atoms with Gasteiger partial charge < -0.3 is 9.64 Å². The minimum Gasteiger partial charge on any atom is -0.466 e. The molecule has 0 radical (unpaired) electrons. The molecule has 1 atom stereocenters. The van der Waals surface area contributed by atoms with Gasteiger partial charge in [0.15, 0.2) is 0 Å². The van der Waals surface area contributed by atoms with Crippen molar-refractivity contribution >= 4 is 23.5 Å². The predicted molar refractivity (Wildman–Crippen MR) is 99.9 cm³/mol. The Bertz CT molecular complexity index is 732. The first-order chi connectivity index (χ1) is 13.1. The fourth-order valence-electron chi connectivity index (χ4n) is 3.45. The maximum absolute atomic E-state index is 12.7. The van der Waals surface area contributed by atoms with Crippen molar-refractivity contribution in [1.29, 1.82) is 0 Å². The van der Waals surface area contributed by atoms with Crippen LogP contribution in [0, 0.1) is 5.92 Å². The number of hydrazone groups is 1. The van der Waals surface area contributed by atoms with E-state index in [4.69, 9.17) is 4.74 Å². The van der Waals surface area contributed by atoms with Crippen molar-refractivity contribution < 1.29 is 19.1 Å². The highest BCUT2D eigenvalue weighted by molar-refractivity contribution is 6.04. The number of hydrogen-bond acceptors (Lipinski definition) is 5. The predicted octanol–water partition coefficient (Wildman–Crippen LogP) is 1.81. The van der Waals surface area contributed by atoms with Crippen LogP contribution in [0.4, 0.5) is 0 Å². The number of benzene rings is 1. The number of amides is 2. The zero-order valence-electron chi connectivity index (χ0n) is 15.6. The molecule has 0 aromatic heterocycles. The number of ether oxygens (including phenoxy) is 1. The van der Waals surface area contributed by atoms with E-state index in [1.165, 1.54) is 5.01 Å². The van der Waals surface area contributed by atoms with Gasteiger partial charge in [0.05, 0.1) is 18.2 Å². The van der Waals surface area contributed by atoms with Gasteiger partial charge in [0, 0.05) is 25.9 Å². The molecule has 0 aliphatic carbocycles. The lowest BCUT2D eigenvalue weighted by molar-refractivity contribution is -0.152. The third kappa shape index (κ3) is 4.72. The molecule has 7 nitrogen and oxygen atoms in total. The third-order valence-electron chi connectivity index (χ3n) is 4.89. The van der Waals surface area contributed by atoms with Gasteiger partial charge in [0.1, 0.15) is 6.54 Å². The number of carbonyl (C=O) groups is 3. The Hall–Kier alpha value is -2.70. The van der Waals surface area contributed by atoms with Crippen LogP contribution in [0.15, 0.2) is 35.4 Å². The van der Waals surface area contributed by atoms with Gasteiger partial charge in [0.25, 0.3) is 0 Å². The van der Waals surface area contributed by atoms with Gasteiger partial charge in [-0.15, -0.1) is 0 Å². The molecule has 2 aliphatic heterocycles. The summed E-state index contributed by atoms with van der Waals surface area (Å²) in [6.45, 7) is 2.95. The number of piperidine rings is 1. The highest BCUT2D eigenvalue weighted by Gasteiger charge is 2.31. The molecule has 0 spiro atoms. The van der Waals surface area contributed by atoms with Gasteiger partial charge in [-0.1, -0.05) is 30.3 Å². The quantitative estimate of drug-likeness (QED) is 0.740. The average Bonchev–Trinajstić information content (AvgIpc) is 2.70. The van der Waals surface area contributed by atoms with E-state index in [2.05, 4.69) is 5.10 Å². The highest BCUT2D eigenvalue weighted by atomic mass is 16.5. The average molecular weight is 371 g/mol. The maximum Gasteiger partial charge on any atom is 0.310 e. The number of rotatable bonds is 5. The van der Waals surface area contributed by atoms with Gasteiger partial charge >= 0.3 is 5.97 Å². The lowest BCUT2D eigenvalue weighted by Crippen LogP contribution is -2.47. The fourth-order valence-corrected chi connectivity index (χ4v) is 3.45. The zero-order chi connectivity index (χ0) is 19.2. The summed E-state index contributed by atoms with van der Waals surface area (Å²) in [5, 5.41) is 5.68. The molecule has 3 rings (SSSR count). The first kappa shape index (κ1) is 19.1. The second kappa shape index (κ2) is 8.79. The number of carbonyl (C=O) groups excluding carboxylic acids is 3. The van der Waals surface area contributed by atoms with E-state index in [-0.39, 0.29) is 30.2 Å². The Morgan fingerprint density at radius 2 is 2.00 bits per heavy atom. The van der Waals surface area contributed by atoms with Crippen molar-refractivity contribution in [2.45, 2.75) is 32.6 Å². The first-order valence-corrected chi connectivity index (χ1v) is 9.46. The summed E-state index contributed by atoms with van der Waals surface area (Å²) in [4.78, 5) is 38.5. The van der Waals surface area contributed by atoms with E-state index in [0.717, 1.165) is 24.1 Å². The summed E-state index contributed by atoms with van der Waals surface area (Å²) in [6.07, 6.45) is 2.39. The summed E-state index contributed by atoms with van der Waals surface area (Å²) < 4.78 is 5.08. The standard InChI is InChI=1S/C20H25N3O4/c1-2-27-20(26)16-9-6-12-22(13-16)19(25)14-23-18(24)11-10-17(21-23)15-7-4-3-5-8-15/h3-5,7-8,16H,2,6,9-14H2,1H3/t16-/m0/s1. The number of likely N-dealkylation sites (tertiary alicyclic amines) is 1. The van der Waals surface area contributed by atoms with Crippen LogP contribution in [0.2, 0.25) is 0 Å². The molecule has 1 fully saturated rings. The van der Waals surface area contributed by atoms with E-state index >= 15 is 0 Å². The Labute approximate surface area is 159 Å². The normalized spacial score (nSPS) is 20.3. The summed E-state index contributed by atoms with van der Waals surface area (Å²) in [5.41, 5.74) is 1.77. The smallest absolute Gasteiger partial charge is 0.310 e. The molecule has 2 aliphatic rings. The first-order valence-electron chi connectivity index (χ1n) is 9.46. The molecular formula is C20H25N3O4. The molecule has 7 heteroatoms. The van der Waals surface area contributed by atoms with Crippen LogP contribution in [0.3, 0.4) is 0 Å². The molecular weight excluding hydrogens is 346 g/mol. The topological polar surface area (TPSA) is 79.3 Å². The van der Waals surface area contributed by atoms with E-state index < -0.39 is 0 Å². The number of esters is 1. The van der Waals surface area contributed by atoms with E-state index in [1.54, 1.807) is 11.8 Å². The largest absolute Gasteiger partial charge is 0.466 e. The van der Waals surface area contributed by atoms with Crippen LogP contribution in [0.1, 0.15) is 38.2 Å². The van der Waals surface area contributed by atoms with Gasteiger partial charge in [-0.3, -0.25) is 14.4 Å². The van der Waals surface area contributed by atoms with Crippen molar-refractivity contribution in [2.75, 3.05) is 26.2 Å². The van der Waals surface area contributed by atoms with Crippen LogP contribution < -0.4 is 0 Å². The van der Waals surface area contributed by atoms with Crippen LogP contribution in [0.5, 0.6) is 0 Å². The van der Waals surface area contributed by atoms with Gasteiger partial charge in [0.2, 0.25) is 11.8 Å². The molecule has 0 unspecified atom stereocenters. The summed E-state index contributed by atoms with van der Waals surface area (Å²) in [6, 6.07) is 9.67. The third-order valence-corrected chi connectivity index (χ3v) is 4.89. The Morgan fingerprint density at radius 3 is 2.74 bits per heavy atom. The molecule has 1 aromatic carbocycles. The van der Waals surface area contributed by atoms with Crippen molar-refractivity contribution in [3.8, 4) is 0 Å². The SMILES string of the molecule is CCOC(=O)[C@H]1CCCN(C(=O)CN2N=C(c3ccccc3)CCC2=O)C1. The lowest BCUT2D eigenvalue weighted by atomic mass is 9.98. The van der Waals surface area contributed by atoms with Gasteiger partial charge in [-0.05, 0) is 25.3 Å². The molecule has 27 heavy (non-hydrogen) atoms. The minimum absolute atomic E-state index is 0.0925. The van der Waals surface area contributed by atoms with Crippen LogP contribution in [0.25, 0.3) is 0 Å². The van der Waals surface area contributed by atoms with Crippen LogP contribution >= 0.6 is 0 Å². The molecule has 2 amide bonds. The summed E-state index contributed by atoms with van der Waals surface area (Å²) in [5.74, 6) is -0.881. The fraction of sp³-hybridized carbons (Fsp3) is 0.500. The zero-order valence-corrected chi connectivity index (χ0v) is 15.6. The van der Waals surface area contributed by atoms with Crippen molar-refractivity contribution in [3.05, 3.63) is 35.9 Å². The van der Waals surface area contributed by atoms with Crippen LogP contribution in [-0.4, -0.2) is 59.6 Å². The van der Waals surface area contributed by atoms with Gasteiger partial charge in [-0.25, -0.2) is 5.01 Å². The van der Waals surface area contributed by atoms with Crippen molar-refractivity contribution in [3.63, 3.8) is 0 Å². The van der Waals surface area contributed by atoms with E-state index in [9.17, 15) is 14.4 Å². The Balaban J connectivity index is 1.65. The van der Waals surface area contributed by atoms with E-state index in [0.29, 0.717) is 32.5 Å². The monoisotopic (exact) mass is 371 g/mol. The van der Waals surface area contributed by atoms with Crippen molar-refractivity contribution in [2.24, 2.45) is 11.0 Å². The second-order valence-electron chi connectivity index (χ2n) is 6.80. The van der Waals surface area contributed by atoms with E-state index in [1.807, 2.05) is 30.3 Å².